The highest BCUT2D eigenvalue weighted by atomic mass is 16.5. The largest absolute Gasteiger partial charge is 0.469 e. The number of rotatable bonds is 4. The molecule has 1 aromatic heterocycles. The van der Waals surface area contributed by atoms with Crippen molar-refractivity contribution in [2.75, 3.05) is 19.0 Å². The van der Waals surface area contributed by atoms with Gasteiger partial charge in [-0.25, -0.2) is 4.79 Å². The smallest absolute Gasteiger partial charge is 0.417 e. The topological polar surface area (TPSA) is 84.3 Å². The lowest BCUT2D eigenvalue weighted by molar-refractivity contribution is -0.140. The molecule has 0 saturated carbocycles. The zero-order chi connectivity index (χ0) is 12.3. The molecule has 0 aliphatic carbocycles. The summed E-state index contributed by atoms with van der Waals surface area (Å²) in [4.78, 5) is 24.4. The molecule has 0 radical (unpaired) electrons. The fraction of sp³-hybridized carbons (Fsp3) is 0.273. The maximum Gasteiger partial charge on any atom is 0.417 e. The van der Waals surface area contributed by atoms with Crippen LogP contribution < -0.4 is 11.1 Å². The number of H-pyrrole nitrogens is 1. The summed E-state index contributed by atoms with van der Waals surface area (Å²) in [7, 11) is 1.35. The number of ether oxygens (including phenoxy) is 1. The Hall–Kier alpha value is -2.24. The van der Waals surface area contributed by atoms with Gasteiger partial charge in [-0.1, -0.05) is 0 Å². The van der Waals surface area contributed by atoms with Crippen molar-refractivity contribution in [1.29, 1.82) is 0 Å². The number of carbonyl (C=O) groups is 1. The van der Waals surface area contributed by atoms with Crippen LogP contribution in [0.4, 0.5) is 5.69 Å². The first kappa shape index (κ1) is 11.3. The fourth-order valence-corrected chi connectivity index (χ4v) is 1.47. The van der Waals surface area contributed by atoms with Gasteiger partial charge in [0.2, 0.25) is 0 Å². The molecule has 0 aliphatic heterocycles. The van der Waals surface area contributed by atoms with Gasteiger partial charge in [-0.2, -0.15) is 0 Å². The molecule has 0 aliphatic rings. The summed E-state index contributed by atoms with van der Waals surface area (Å²) in [6.45, 7) is 0.472. The molecule has 0 amide bonds. The van der Waals surface area contributed by atoms with Gasteiger partial charge in [0.25, 0.3) is 0 Å². The van der Waals surface area contributed by atoms with Crippen molar-refractivity contribution in [2.45, 2.75) is 6.42 Å². The molecule has 6 nitrogen and oxygen atoms in total. The van der Waals surface area contributed by atoms with E-state index in [0.717, 1.165) is 5.69 Å². The Morgan fingerprint density at radius 2 is 2.35 bits per heavy atom. The third-order valence-corrected chi connectivity index (χ3v) is 2.30. The van der Waals surface area contributed by atoms with Crippen LogP contribution in [0.1, 0.15) is 6.42 Å². The number of benzene rings is 1. The van der Waals surface area contributed by atoms with Crippen molar-refractivity contribution < 1.29 is 13.9 Å². The molecule has 1 heterocycles. The molecule has 90 valence electrons. The minimum absolute atomic E-state index is 0.268. The molecule has 17 heavy (non-hydrogen) atoms. The Kier molecular flexibility index (Phi) is 3.13. The van der Waals surface area contributed by atoms with E-state index in [1.54, 1.807) is 18.2 Å². The van der Waals surface area contributed by atoms with E-state index in [1.165, 1.54) is 7.11 Å². The molecule has 0 atom stereocenters. The van der Waals surface area contributed by atoms with Crippen LogP contribution in [-0.4, -0.2) is 24.6 Å². The molecular weight excluding hydrogens is 224 g/mol. The van der Waals surface area contributed by atoms with E-state index in [-0.39, 0.29) is 12.4 Å². The second-order valence-corrected chi connectivity index (χ2v) is 3.48. The van der Waals surface area contributed by atoms with Gasteiger partial charge in [-0.05, 0) is 18.2 Å². The van der Waals surface area contributed by atoms with Gasteiger partial charge in [0.1, 0.15) is 0 Å². The number of carbonyl (C=O) groups excluding carboxylic acids is 1. The van der Waals surface area contributed by atoms with E-state index in [4.69, 9.17) is 4.42 Å². The predicted molar refractivity (Wildman–Crippen MR) is 62.0 cm³/mol. The number of esters is 1. The van der Waals surface area contributed by atoms with Crippen molar-refractivity contribution in [2.24, 2.45) is 0 Å². The number of aromatic nitrogens is 1. The predicted octanol–water partition coefficient (Wildman–Crippen LogP) is 1.10. The number of fused-ring (bicyclic) bond motifs is 1. The average molecular weight is 236 g/mol. The van der Waals surface area contributed by atoms with E-state index >= 15 is 0 Å². The molecule has 2 aromatic rings. The molecule has 2 N–H and O–H groups in total. The Bertz CT molecular complexity index is 584. The second-order valence-electron chi connectivity index (χ2n) is 3.48. The van der Waals surface area contributed by atoms with Gasteiger partial charge in [-0.3, -0.25) is 9.78 Å². The first-order chi connectivity index (χ1) is 8.19. The van der Waals surface area contributed by atoms with E-state index in [1.807, 2.05) is 0 Å². The van der Waals surface area contributed by atoms with E-state index < -0.39 is 5.76 Å². The first-order valence-corrected chi connectivity index (χ1v) is 5.12. The average Bonchev–Trinajstić information content (AvgIpc) is 2.68. The lowest BCUT2D eigenvalue weighted by Gasteiger charge is -2.04. The number of hydrogen-bond acceptors (Lipinski definition) is 5. The van der Waals surface area contributed by atoms with Crippen LogP contribution in [0, 0.1) is 0 Å². The highest BCUT2D eigenvalue weighted by Gasteiger charge is 2.03. The first-order valence-electron chi connectivity index (χ1n) is 5.12. The highest BCUT2D eigenvalue weighted by molar-refractivity contribution is 5.77. The van der Waals surface area contributed by atoms with Crippen molar-refractivity contribution in [3.63, 3.8) is 0 Å². The monoisotopic (exact) mass is 236 g/mol. The van der Waals surface area contributed by atoms with Crippen LogP contribution in [0.5, 0.6) is 0 Å². The summed E-state index contributed by atoms with van der Waals surface area (Å²) in [6.07, 6.45) is 0.288. The number of methoxy groups -OCH3 is 1. The third kappa shape index (κ3) is 2.66. The van der Waals surface area contributed by atoms with Crippen molar-refractivity contribution in [3.8, 4) is 0 Å². The minimum Gasteiger partial charge on any atom is -0.469 e. The maximum atomic E-state index is 10.9. The Balaban J connectivity index is 2.04. The van der Waals surface area contributed by atoms with E-state index in [2.05, 4.69) is 15.0 Å². The van der Waals surface area contributed by atoms with Crippen molar-refractivity contribution >= 4 is 22.8 Å². The number of aromatic amines is 1. The Morgan fingerprint density at radius 1 is 1.53 bits per heavy atom. The molecule has 0 spiro atoms. The summed E-state index contributed by atoms with van der Waals surface area (Å²) in [5.74, 6) is -0.748. The minimum atomic E-state index is -0.480. The summed E-state index contributed by atoms with van der Waals surface area (Å²) in [5.41, 5.74) is 1.94. The van der Waals surface area contributed by atoms with Crippen LogP contribution in [0.3, 0.4) is 0 Å². The van der Waals surface area contributed by atoms with Gasteiger partial charge >= 0.3 is 11.7 Å². The van der Waals surface area contributed by atoms with E-state index in [0.29, 0.717) is 17.6 Å². The van der Waals surface area contributed by atoms with Crippen LogP contribution in [0.25, 0.3) is 11.1 Å². The zero-order valence-electron chi connectivity index (χ0n) is 9.28. The molecule has 0 saturated heterocycles. The van der Waals surface area contributed by atoms with Crippen LogP contribution >= 0.6 is 0 Å². The molecule has 0 unspecified atom stereocenters. The lowest BCUT2D eigenvalue weighted by atomic mass is 10.3. The molecule has 2 rings (SSSR count). The van der Waals surface area contributed by atoms with Crippen LogP contribution in [0.2, 0.25) is 0 Å². The third-order valence-electron chi connectivity index (χ3n) is 2.30. The molecule has 0 fully saturated rings. The van der Waals surface area contributed by atoms with Gasteiger partial charge in [0, 0.05) is 12.2 Å². The summed E-state index contributed by atoms with van der Waals surface area (Å²) in [5, 5.41) is 3.05. The maximum absolute atomic E-state index is 10.9. The number of nitrogens with one attached hydrogen (secondary N) is 2. The highest BCUT2D eigenvalue weighted by Crippen LogP contribution is 2.15. The standard InChI is InChI=1S/C11H12N2O4/c1-16-10(14)4-5-12-7-2-3-9-8(6-7)13-11(15)17-9/h2-3,6,12H,4-5H2,1H3,(H,13,15). The van der Waals surface area contributed by atoms with Crippen LogP contribution in [0.15, 0.2) is 27.4 Å². The molecular formula is C11H12N2O4. The lowest BCUT2D eigenvalue weighted by Crippen LogP contribution is -2.09. The fourth-order valence-electron chi connectivity index (χ4n) is 1.47. The van der Waals surface area contributed by atoms with Gasteiger partial charge in [-0.15, -0.1) is 0 Å². The Labute approximate surface area is 96.6 Å². The number of oxazole rings is 1. The van der Waals surface area contributed by atoms with Crippen molar-refractivity contribution in [1.82, 2.24) is 4.98 Å². The zero-order valence-corrected chi connectivity index (χ0v) is 9.28. The second kappa shape index (κ2) is 4.73. The van der Waals surface area contributed by atoms with Gasteiger partial charge < -0.3 is 14.5 Å². The summed E-state index contributed by atoms with van der Waals surface area (Å²) >= 11 is 0. The molecule has 6 heteroatoms. The SMILES string of the molecule is COC(=O)CCNc1ccc2oc(=O)[nH]c2c1. The van der Waals surface area contributed by atoms with E-state index in [9.17, 15) is 9.59 Å². The van der Waals surface area contributed by atoms with Gasteiger partial charge in [0.15, 0.2) is 5.58 Å². The van der Waals surface area contributed by atoms with Gasteiger partial charge in [0.05, 0.1) is 19.0 Å². The molecule has 1 aromatic carbocycles. The quantitative estimate of drug-likeness (QED) is 0.776. The number of anilines is 1. The number of hydrogen-bond donors (Lipinski definition) is 2. The summed E-state index contributed by atoms with van der Waals surface area (Å²) in [6, 6.07) is 5.21. The summed E-state index contributed by atoms with van der Waals surface area (Å²) < 4.78 is 9.39. The van der Waals surface area contributed by atoms with Crippen molar-refractivity contribution in [3.05, 3.63) is 28.7 Å². The molecule has 0 bridgehead atoms. The van der Waals surface area contributed by atoms with Crippen LogP contribution in [-0.2, 0) is 9.53 Å². The normalized spacial score (nSPS) is 10.4. The Morgan fingerprint density at radius 3 is 3.12 bits per heavy atom.